The van der Waals surface area contributed by atoms with Gasteiger partial charge >= 0.3 is 5.97 Å². The second-order valence-electron chi connectivity index (χ2n) is 10.5. The van der Waals surface area contributed by atoms with Crippen molar-refractivity contribution in [3.8, 4) is 11.5 Å². The van der Waals surface area contributed by atoms with Gasteiger partial charge in [0.25, 0.3) is 0 Å². The summed E-state index contributed by atoms with van der Waals surface area (Å²) < 4.78 is 12.1. The normalized spacial score (nSPS) is 33.9. The van der Waals surface area contributed by atoms with Crippen LogP contribution in [0, 0.1) is 5.92 Å². The van der Waals surface area contributed by atoms with E-state index in [4.69, 9.17) is 9.47 Å². The molecule has 4 atom stereocenters. The summed E-state index contributed by atoms with van der Waals surface area (Å²) in [4.78, 5) is 28.4. The quantitative estimate of drug-likeness (QED) is 0.576. The molecule has 6 heteroatoms. The lowest BCUT2D eigenvalue weighted by Crippen LogP contribution is -2.76. The van der Waals surface area contributed by atoms with E-state index in [1.807, 2.05) is 12.1 Å². The van der Waals surface area contributed by atoms with E-state index in [-0.39, 0.29) is 11.8 Å². The third kappa shape index (κ3) is 2.56. The Hall–Kier alpha value is -2.70. The first-order valence-electron chi connectivity index (χ1n) is 12.1. The Morgan fingerprint density at radius 2 is 1.97 bits per heavy atom. The maximum absolute atomic E-state index is 13.1. The fourth-order valence-electron chi connectivity index (χ4n) is 7.07. The summed E-state index contributed by atoms with van der Waals surface area (Å²) in [6, 6.07) is 12.6. The Kier molecular flexibility index (Phi) is 3.99. The zero-order valence-corrected chi connectivity index (χ0v) is 18.5. The van der Waals surface area contributed by atoms with Crippen molar-refractivity contribution in [2.24, 2.45) is 5.92 Å². The molecule has 1 saturated heterocycles. The largest absolute Gasteiger partial charge is 0.477 e. The van der Waals surface area contributed by atoms with Crippen molar-refractivity contribution in [1.29, 1.82) is 0 Å². The van der Waals surface area contributed by atoms with E-state index in [0.717, 1.165) is 36.6 Å². The maximum atomic E-state index is 13.1. The molecule has 0 aromatic heterocycles. The van der Waals surface area contributed by atoms with E-state index in [0.29, 0.717) is 36.3 Å². The van der Waals surface area contributed by atoms with Gasteiger partial charge in [-0.3, -0.25) is 9.69 Å². The van der Waals surface area contributed by atoms with Crippen LogP contribution < -0.4 is 9.47 Å². The maximum Gasteiger partial charge on any atom is 0.343 e. The number of esters is 1. The smallest absolute Gasteiger partial charge is 0.343 e. The second kappa shape index (κ2) is 6.67. The molecular formula is C27H27NO5. The van der Waals surface area contributed by atoms with E-state index < -0.39 is 23.1 Å². The third-order valence-corrected chi connectivity index (χ3v) is 8.76. The van der Waals surface area contributed by atoms with E-state index in [9.17, 15) is 14.7 Å². The predicted octanol–water partition coefficient (Wildman–Crippen LogP) is 3.04. The molecule has 170 valence electrons. The van der Waals surface area contributed by atoms with Crippen molar-refractivity contribution in [3.05, 3.63) is 59.2 Å². The predicted molar refractivity (Wildman–Crippen MR) is 120 cm³/mol. The van der Waals surface area contributed by atoms with Crippen molar-refractivity contribution in [3.63, 3.8) is 0 Å². The molecule has 6 nitrogen and oxygen atoms in total. The van der Waals surface area contributed by atoms with Gasteiger partial charge in [0.2, 0.25) is 0 Å². The van der Waals surface area contributed by atoms with Crippen LogP contribution in [-0.4, -0.2) is 52.6 Å². The number of carbonyl (C=O) groups excluding carboxylic acids is 2. The highest BCUT2D eigenvalue weighted by molar-refractivity contribution is 5.93. The summed E-state index contributed by atoms with van der Waals surface area (Å²) in [5.41, 5.74) is 0.696. The number of likely N-dealkylation sites (tertiary alicyclic amines) is 1. The van der Waals surface area contributed by atoms with Crippen molar-refractivity contribution in [1.82, 2.24) is 4.90 Å². The summed E-state index contributed by atoms with van der Waals surface area (Å²) in [5.74, 6) is 1.13. The monoisotopic (exact) mass is 445 g/mol. The van der Waals surface area contributed by atoms with Gasteiger partial charge in [0, 0.05) is 24.6 Å². The number of rotatable bonds is 4. The molecule has 2 aromatic carbocycles. The number of piperidine rings is 1. The fraction of sp³-hybridized carbons (Fsp3) is 0.481. The molecular weight excluding hydrogens is 418 g/mol. The molecule has 3 aliphatic carbocycles. The van der Waals surface area contributed by atoms with Crippen LogP contribution in [0.4, 0.5) is 0 Å². The molecule has 1 spiro atoms. The molecule has 0 amide bonds. The molecule has 33 heavy (non-hydrogen) atoms. The number of Topliss-reactive ketones (excluding diaryl/α,β-unsaturated/α-hetero) is 1. The van der Waals surface area contributed by atoms with Gasteiger partial charge in [-0.15, -0.1) is 0 Å². The van der Waals surface area contributed by atoms with Crippen LogP contribution in [0.1, 0.15) is 53.6 Å². The van der Waals surface area contributed by atoms with E-state index in [2.05, 4.69) is 4.90 Å². The highest BCUT2D eigenvalue weighted by Gasteiger charge is 2.73. The highest BCUT2D eigenvalue weighted by Crippen LogP contribution is 2.65. The zero-order chi connectivity index (χ0) is 22.4. The number of benzene rings is 2. The van der Waals surface area contributed by atoms with Crippen molar-refractivity contribution in [2.45, 2.75) is 61.7 Å². The number of carbonyl (C=O) groups is 2. The van der Waals surface area contributed by atoms with E-state index in [1.165, 1.54) is 12.8 Å². The number of ether oxygens (including phenoxy) is 2. The topological polar surface area (TPSA) is 76.1 Å². The number of hydrogen-bond acceptors (Lipinski definition) is 6. The van der Waals surface area contributed by atoms with Crippen LogP contribution in [0.5, 0.6) is 11.5 Å². The SMILES string of the molecule is O=C(Oc1ccc2c3c1O[C@H]1C(=O)CC[C@@]4(O)[C@@H](C2)N(CC2CC2)CC[C@]314)c1ccccc1. The van der Waals surface area contributed by atoms with Crippen molar-refractivity contribution < 1.29 is 24.2 Å². The summed E-state index contributed by atoms with van der Waals surface area (Å²) in [7, 11) is 0. The Balaban J connectivity index is 1.34. The summed E-state index contributed by atoms with van der Waals surface area (Å²) >= 11 is 0. The minimum Gasteiger partial charge on any atom is -0.477 e. The fourth-order valence-corrected chi connectivity index (χ4v) is 7.07. The molecule has 5 aliphatic rings. The first-order chi connectivity index (χ1) is 16.0. The molecule has 0 unspecified atom stereocenters. The molecule has 2 heterocycles. The summed E-state index contributed by atoms with van der Waals surface area (Å²) in [6.07, 6.45) is 4.02. The molecule has 2 saturated carbocycles. The number of nitrogens with zero attached hydrogens (tertiary/aromatic N) is 1. The molecule has 3 fully saturated rings. The van der Waals surface area contributed by atoms with Gasteiger partial charge in [-0.05, 0) is 68.3 Å². The number of hydrogen-bond donors (Lipinski definition) is 1. The van der Waals surface area contributed by atoms with Gasteiger partial charge in [-0.25, -0.2) is 4.79 Å². The third-order valence-electron chi connectivity index (χ3n) is 8.76. The molecule has 7 rings (SSSR count). The lowest BCUT2D eigenvalue weighted by molar-refractivity contribution is -0.188. The molecule has 2 aromatic rings. The van der Waals surface area contributed by atoms with Crippen LogP contribution in [0.2, 0.25) is 0 Å². The average molecular weight is 446 g/mol. The van der Waals surface area contributed by atoms with Gasteiger partial charge < -0.3 is 14.6 Å². The average Bonchev–Trinajstić information content (AvgIpc) is 3.56. The van der Waals surface area contributed by atoms with E-state index in [1.54, 1.807) is 30.3 Å². The van der Waals surface area contributed by atoms with E-state index >= 15 is 0 Å². The summed E-state index contributed by atoms with van der Waals surface area (Å²) in [6.45, 7) is 1.88. The Morgan fingerprint density at radius 1 is 1.15 bits per heavy atom. The van der Waals surface area contributed by atoms with Crippen molar-refractivity contribution >= 4 is 11.8 Å². The minimum atomic E-state index is -1.01. The van der Waals surface area contributed by atoms with Gasteiger partial charge in [-0.1, -0.05) is 24.3 Å². The van der Waals surface area contributed by atoms with Gasteiger partial charge in [-0.2, -0.15) is 0 Å². The molecule has 2 bridgehead atoms. The number of ketones is 1. The van der Waals surface area contributed by atoms with Crippen LogP contribution >= 0.6 is 0 Å². The Morgan fingerprint density at radius 3 is 2.76 bits per heavy atom. The summed E-state index contributed by atoms with van der Waals surface area (Å²) in [5, 5.41) is 12.3. The second-order valence-corrected chi connectivity index (χ2v) is 10.5. The zero-order valence-electron chi connectivity index (χ0n) is 18.5. The Bertz CT molecular complexity index is 1170. The molecule has 0 radical (unpaired) electrons. The Labute approximate surface area is 192 Å². The van der Waals surface area contributed by atoms with Gasteiger partial charge in [0.15, 0.2) is 23.4 Å². The standard InChI is InChI=1S/C27H27NO5/c29-19-10-11-27(31)21-14-18-8-9-20(32-25(30)17-4-2-1-3-5-17)23-22(18)26(27,24(19)33-23)12-13-28(21)15-16-6-7-16/h1-5,8-9,16,21,24,31H,6-7,10-15H2/t21-,24+,26+,27-/m1/s1. The molecule has 1 N–H and O–H groups in total. The van der Waals surface area contributed by atoms with Crippen LogP contribution in [0.3, 0.4) is 0 Å². The lowest BCUT2D eigenvalue weighted by Gasteiger charge is -2.62. The number of aliphatic hydroxyl groups is 1. The molecule has 2 aliphatic heterocycles. The van der Waals surface area contributed by atoms with Crippen LogP contribution in [-0.2, 0) is 16.6 Å². The van der Waals surface area contributed by atoms with Gasteiger partial charge in [0.1, 0.15) is 0 Å². The first kappa shape index (κ1) is 19.7. The van der Waals surface area contributed by atoms with Crippen LogP contribution in [0.15, 0.2) is 42.5 Å². The van der Waals surface area contributed by atoms with Crippen molar-refractivity contribution in [2.75, 3.05) is 13.1 Å². The van der Waals surface area contributed by atoms with Crippen LogP contribution in [0.25, 0.3) is 0 Å². The lowest BCUT2D eigenvalue weighted by atomic mass is 9.49. The minimum absolute atomic E-state index is 0.0118. The van der Waals surface area contributed by atoms with Gasteiger partial charge in [0.05, 0.1) is 16.6 Å². The highest BCUT2D eigenvalue weighted by atomic mass is 16.6. The first-order valence-corrected chi connectivity index (χ1v) is 12.1.